The van der Waals surface area contributed by atoms with Gasteiger partial charge in [0.2, 0.25) is 0 Å². The topological polar surface area (TPSA) is 15.3 Å². The molecule has 1 aliphatic heterocycles. The molecule has 1 N–H and O–H groups in total. The molecule has 104 valence electrons. The van der Waals surface area contributed by atoms with E-state index in [2.05, 4.69) is 42.3 Å². The molecule has 1 aromatic rings. The van der Waals surface area contributed by atoms with Gasteiger partial charge in [-0.25, -0.2) is 0 Å². The Morgan fingerprint density at radius 1 is 1.32 bits per heavy atom. The Labute approximate surface area is 117 Å². The van der Waals surface area contributed by atoms with Crippen molar-refractivity contribution in [2.75, 3.05) is 19.6 Å². The Kier molecular flexibility index (Phi) is 3.90. The van der Waals surface area contributed by atoms with Crippen molar-refractivity contribution in [2.24, 2.45) is 0 Å². The molecule has 2 unspecified atom stereocenters. The van der Waals surface area contributed by atoms with Gasteiger partial charge in [-0.15, -0.1) is 0 Å². The van der Waals surface area contributed by atoms with Crippen LogP contribution >= 0.6 is 0 Å². The molecule has 0 bridgehead atoms. The molecule has 1 fully saturated rings. The summed E-state index contributed by atoms with van der Waals surface area (Å²) in [4.78, 5) is 2.69. The number of benzene rings is 1. The van der Waals surface area contributed by atoms with E-state index >= 15 is 0 Å². The van der Waals surface area contributed by atoms with Crippen LogP contribution in [0.4, 0.5) is 0 Å². The summed E-state index contributed by atoms with van der Waals surface area (Å²) in [6, 6.07) is 8.39. The summed E-state index contributed by atoms with van der Waals surface area (Å²) in [5, 5.41) is 3.64. The third-order valence-electron chi connectivity index (χ3n) is 4.81. The Morgan fingerprint density at radius 3 is 2.95 bits per heavy atom. The van der Waals surface area contributed by atoms with Crippen molar-refractivity contribution in [3.05, 3.63) is 34.9 Å². The highest BCUT2D eigenvalue weighted by Crippen LogP contribution is 2.36. The number of likely N-dealkylation sites (N-methyl/N-ethyl adjacent to an activating group) is 1. The number of hydrogen-bond acceptors (Lipinski definition) is 2. The molecule has 2 aliphatic rings. The monoisotopic (exact) mass is 258 g/mol. The number of nitrogens with one attached hydrogen (secondary N) is 1. The van der Waals surface area contributed by atoms with E-state index in [1.165, 1.54) is 44.3 Å². The minimum Gasteiger partial charge on any atom is -0.313 e. The summed E-state index contributed by atoms with van der Waals surface area (Å²) in [5.41, 5.74) is 4.58. The molecular formula is C17H26N2. The van der Waals surface area contributed by atoms with Crippen LogP contribution in [-0.4, -0.2) is 30.6 Å². The molecule has 0 aromatic heterocycles. The van der Waals surface area contributed by atoms with Gasteiger partial charge in [-0.1, -0.05) is 30.7 Å². The zero-order valence-corrected chi connectivity index (χ0v) is 12.3. The van der Waals surface area contributed by atoms with Crippen LogP contribution in [0.25, 0.3) is 0 Å². The molecule has 2 atom stereocenters. The average molecular weight is 258 g/mol. The van der Waals surface area contributed by atoms with Gasteiger partial charge in [0.1, 0.15) is 0 Å². The lowest BCUT2D eigenvalue weighted by molar-refractivity contribution is 0.189. The first-order valence-electron chi connectivity index (χ1n) is 7.84. The quantitative estimate of drug-likeness (QED) is 0.893. The SMILES string of the molecule is CCN(CC1CCCN1)C1CCc2ccc(C)cc21. The van der Waals surface area contributed by atoms with Gasteiger partial charge in [-0.05, 0) is 56.8 Å². The number of nitrogens with zero attached hydrogens (tertiary/aromatic N) is 1. The molecule has 3 rings (SSSR count). The lowest BCUT2D eigenvalue weighted by atomic mass is 10.0. The Balaban J connectivity index is 1.76. The highest BCUT2D eigenvalue weighted by molar-refractivity contribution is 5.37. The van der Waals surface area contributed by atoms with Crippen LogP contribution in [0.3, 0.4) is 0 Å². The van der Waals surface area contributed by atoms with Crippen LogP contribution < -0.4 is 5.32 Å². The minimum absolute atomic E-state index is 0.655. The third-order valence-corrected chi connectivity index (χ3v) is 4.81. The highest BCUT2D eigenvalue weighted by Gasteiger charge is 2.29. The van der Waals surface area contributed by atoms with Crippen molar-refractivity contribution in [3.8, 4) is 0 Å². The first-order chi connectivity index (χ1) is 9.28. The van der Waals surface area contributed by atoms with Crippen LogP contribution in [0.2, 0.25) is 0 Å². The van der Waals surface area contributed by atoms with Gasteiger partial charge in [-0.3, -0.25) is 4.90 Å². The molecule has 19 heavy (non-hydrogen) atoms. The van der Waals surface area contributed by atoms with Crippen LogP contribution in [0.15, 0.2) is 18.2 Å². The lowest BCUT2D eigenvalue weighted by Crippen LogP contribution is -2.39. The molecule has 0 amide bonds. The van der Waals surface area contributed by atoms with Crippen LogP contribution in [0.5, 0.6) is 0 Å². The van der Waals surface area contributed by atoms with E-state index in [-0.39, 0.29) is 0 Å². The summed E-state index contributed by atoms with van der Waals surface area (Å²) >= 11 is 0. The summed E-state index contributed by atoms with van der Waals surface area (Å²) in [5.74, 6) is 0. The first kappa shape index (κ1) is 13.1. The summed E-state index contributed by atoms with van der Waals surface area (Å²) in [6.07, 6.45) is 5.26. The van der Waals surface area contributed by atoms with Crippen molar-refractivity contribution in [1.82, 2.24) is 10.2 Å². The maximum Gasteiger partial charge on any atom is 0.0354 e. The standard InChI is InChI=1S/C17H26N2/c1-3-19(12-15-5-4-10-18-15)17-9-8-14-7-6-13(2)11-16(14)17/h6-7,11,15,17-18H,3-5,8-10,12H2,1-2H3. The number of aryl methyl sites for hydroxylation is 2. The first-order valence-corrected chi connectivity index (χ1v) is 7.84. The second-order valence-corrected chi connectivity index (χ2v) is 6.14. The van der Waals surface area contributed by atoms with E-state index in [4.69, 9.17) is 0 Å². The van der Waals surface area contributed by atoms with E-state index in [0.717, 1.165) is 6.54 Å². The fourth-order valence-corrected chi connectivity index (χ4v) is 3.75. The third kappa shape index (κ3) is 2.70. The van der Waals surface area contributed by atoms with E-state index in [0.29, 0.717) is 12.1 Å². The van der Waals surface area contributed by atoms with Gasteiger partial charge in [-0.2, -0.15) is 0 Å². The summed E-state index contributed by atoms with van der Waals surface area (Å²) in [6.45, 7) is 8.11. The second kappa shape index (κ2) is 5.64. The highest BCUT2D eigenvalue weighted by atomic mass is 15.2. The van der Waals surface area contributed by atoms with Crippen LogP contribution in [0, 0.1) is 6.92 Å². The minimum atomic E-state index is 0.655. The van der Waals surface area contributed by atoms with Gasteiger partial charge < -0.3 is 5.32 Å². The lowest BCUT2D eigenvalue weighted by Gasteiger charge is -2.31. The van der Waals surface area contributed by atoms with Crippen molar-refractivity contribution in [2.45, 2.75) is 51.6 Å². The summed E-state index contributed by atoms with van der Waals surface area (Å²) < 4.78 is 0. The van der Waals surface area contributed by atoms with Crippen LogP contribution in [0.1, 0.15) is 48.9 Å². The Morgan fingerprint density at radius 2 is 2.21 bits per heavy atom. The molecular weight excluding hydrogens is 232 g/mol. The molecule has 1 aliphatic carbocycles. The maximum atomic E-state index is 3.64. The number of fused-ring (bicyclic) bond motifs is 1. The predicted molar refractivity (Wildman–Crippen MR) is 80.5 cm³/mol. The van der Waals surface area contributed by atoms with E-state index < -0.39 is 0 Å². The molecule has 2 heteroatoms. The molecule has 0 radical (unpaired) electrons. The molecule has 1 aromatic carbocycles. The number of rotatable bonds is 4. The smallest absolute Gasteiger partial charge is 0.0354 e. The van der Waals surface area contributed by atoms with Gasteiger partial charge in [0.25, 0.3) is 0 Å². The largest absolute Gasteiger partial charge is 0.313 e. The van der Waals surface area contributed by atoms with Crippen LogP contribution in [-0.2, 0) is 6.42 Å². The van der Waals surface area contributed by atoms with Gasteiger partial charge in [0.15, 0.2) is 0 Å². The van der Waals surface area contributed by atoms with E-state index in [1.807, 2.05) is 0 Å². The van der Waals surface area contributed by atoms with E-state index in [1.54, 1.807) is 11.1 Å². The zero-order valence-electron chi connectivity index (χ0n) is 12.3. The molecule has 0 spiro atoms. The van der Waals surface area contributed by atoms with Gasteiger partial charge >= 0.3 is 0 Å². The van der Waals surface area contributed by atoms with Crippen molar-refractivity contribution in [3.63, 3.8) is 0 Å². The zero-order chi connectivity index (χ0) is 13.2. The van der Waals surface area contributed by atoms with Crippen molar-refractivity contribution < 1.29 is 0 Å². The second-order valence-electron chi connectivity index (χ2n) is 6.14. The fourth-order valence-electron chi connectivity index (χ4n) is 3.75. The predicted octanol–water partition coefficient (Wildman–Crippen LogP) is 3.06. The van der Waals surface area contributed by atoms with Crippen molar-refractivity contribution in [1.29, 1.82) is 0 Å². The van der Waals surface area contributed by atoms with Gasteiger partial charge in [0, 0.05) is 18.6 Å². The summed E-state index contributed by atoms with van der Waals surface area (Å²) in [7, 11) is 0. The Bertz CT molecular complexity index is 435. The number of hydrogen-bond donors (Lipinski definition) is 1. The van der Waals surface area contributed by atoms with Crippen molar-refractivity contribution >= 4 is 0 Å². The molecule has 2 nitrogen and oxygen atoms in total. The molecule has 1 saturated heterocycles. The van der Waals surface area contributed by atoms with E-state index in [9.17, 15) is 0 Å². The fraction of sp³-hybridized carbons (Fsp3) is 0.647. The molecule has 0 saturated carbocycles. The normalized spacial score (nSPS) is 26.1. The Hall–Kier alpha value is -0.860. The average Bonchev–Trinajstić information content (AvgIpc) is 3.04. The molecule has 1 heterocycles. The van der Waals surface area contributed by atoms with Gasteiger partial charge in [0.05, 0.1) is 0 Å². The maximum absolute atomic E-state index is 3.64.